The molecule has 0 amide bonds. The predicted octanol–water partition coefficient (Wildman–Crippen LogP) is 2.90. The van der Waals surface area contributed by atoms with Gasteiger partial charge in [-0.25, -0.2) is 4.99 Å². The first kappa shape index (κ1) is 16.5. The largest absolute Gasteiger partial charge is 0.370 e. The highest BCUT2D eigenvalue weighted by molar-refractivity contribution is 14.0. The number of likely N-dealkylation sites (tertiary alicyclic amines) is 1. The molecule has 0 unspecified atom stereocenters. The van der Waals surface area contributed by atoms with Crippen molar-refractivity contribution < 1.29 is 0 Å². The summed E-state index contributed by atoms with van der Waals surface area (Å²) >= 11 is 5.78. The molecule has 2 heterocycles. The summed E-state index contributed by atoms with van der Waals surface area (Å²) in [7, 11) is 0. The summed E-state index contributed by atoms with van der Waals surface area (Å²) < 4.78 is 0. The van der Waals surface area contributed by atoms with Gasteiger partial charge in [0.25, 0.3) is 0 Å². The summed E-state index contributed by atoms with van der Waals surface area (Å²) in [5, 5.41) is 0.640. The highest BCUT2D eigenvalue weighted by atomic mass is 127. The second-order valence-corrected chi connectivity index (χ2v) is 5.25. The third-order valence-electron chi connectivity index (χ3n) is 3.30. The molecule has 0 radical (unpaired) electrons. The zero-order valence-corrected chi connectivity index (χ0v) is 14.1. The Balaban J connectivity index is 0.00000180. The molecule has 1 fully saturated rings. The first-order valence-corrected chi connectivity index (χ1v) is 6.68. The van der Waals surface area contributed by atoms with Crippen LogP contribution in [-0.2, 0) is 6.54 Å². The van der Waals surface area contributed by atoms with E-state index in [4.69, 9.17) is 17.3 Å². The maximum atomic E-state index is 5.99. The molecule has 0 aromatic carbocycles. The number of nitrogens with two attached hydrogens (primary N) is 1. The molecule has 0 atom stereocenters. The van der Waals surface area contributed by atoms with Crippen LogP contribution in [0.25, 0.3) is 0 Å². The molecule has 2 N–H and O–H groups in total. The number of hydrogen-bond donors (Lipinski definition) is 1. The molecule has 4 nitrogen and oxygen atoms in total. The lowest BCUT2D eigenvalue weighted by molar-refractivity contribution is 0.277. The van der Waals surface area contributed by atoms with Gasteiger partial charge in [-0.2, -0.15) is 0 Å². The molecule has 106 valence electrons. The highest BCUT2D eigenvalue weighted by Crippen LogP contribution is 2.15. The van der Waals surface area contributed by atoms with E-state index in [1.165, 1.54) is 12.8 Å². The molecule has 0 saturated carbocycles. The lowest BCUT2D eigenvalue weighted by Gasteiger charge is -2.30. The molecule has 2 rings (SSSR count). The number of halogens is 2. The van der Waals surface area contributed by atoms with Gasteiger partial charge in [0, 0.05) is 19.3 Å². The Morgan fingerprint density at radius 1 is 1.47 bits per heavy atom. The molecule has 0 aliphatic carbocycles. The van der Waals surface area contributed by atoms with E-state index < -0.39 is 0 Å². The van der Waals surface area contributed by atoms with E-state index in [0.29, 0.717) is 17.5 Å². The van der Waals surface area contributed by atoms with Gasteiger partial charge in [0.05, 0.1) is 17.3 Å². The molecule has 0 spiro atoms. The van der Waals surface area contributed by atoms with Gasteiger partial charge in [-0.3, -0.25) is 4.98 Å². The maximum Gasteiger partial charge on any atom is 0.191 e. The van der Waals surface area contributed by atoms with Crippen molar-refractivity contribution in [3.63, 3.8) is 0 Å². The number of nitrogens with zero attached hydrogens (tertiary/aromatic N) is 3. The zero-order chi connectivity index (χ0) is 13.0. The van der Waals surface area contributed by atoms with Crippen LogP contribution in [0.15, 0.2) is 23.3 Å². The van der Waals surface area contributed by atoms with Crippen molar-refractivity contribution in [3.05, 3.63) is 29.0 Å². The van der Waals surface area contributed by atoms with E-state index in [1.807, 2.05) is 12.1 Å². The molecule has 19 heavy (non-hydrogen) atoms. The SMILES string of the molecule is CC1CCN(C(N)=NCc2ccc(Cl)cn2)CC1.I. The van der Waals surface area contributed by atoms with E-state index in [2.05, 4.69) is 21.8 Å². The molecular weight excluding hydrogens is 375 g/mol. The van der Waals surface area contributed by atoms with Crippen LogP contribution in [0.2, 0.25) is 5.02 Å². The second kappa shape index (κ2) is 7.89. The first-order chi connectivity index (χ1) is 8.65. The van der Waals surface area contributed by atoms with Gasteiger partial charge < -0.3 is 10.6 Å². The highest BCUT2D eigenvalue weighted by Gasteiger charge is 2.16. The first-order valence-electron chi connectivity index (χ1n) is 6.30. The van der Waals surface area contributed by atoms with Crippen molar-refractivity contribution in [1.29, 1.82) is 0 Å². The molecule has 1 aromatic heterocycles. The van der Waals surface area contributed by atoms with Gasteiger partial charge in [-0.05, 0) is 30.9 Å². The van der Waals surface area contributed by atoms with Crippen molar-refractivity contribution in [2.75, 3.05) is 13.1 Å². The minimum absolute atomic E-state index is 0. The van der Waals surface area contributed by atoms with Crippen LogP contribution in [0.5, 0.6) is 0 Å². The fourth-order valence-corrected chi connectivity index (χ4v) is 2.11. The fraction of sp³-hybridized carbons (Fsp3) is 0.538. The van der Waals surface area contributed by atoms with Gasteiger partial charge in [0.15, 0.2) is 5.96 Å². The number of guanidine groups is 1. The van der Waals surface area contributed by atoms with Gasteiger partial charge >= 0.3 is 0 Å². The van der Waals surface area contributed by atoms with E-state index in [9.17, 15) is 0 Å². The summed E-state index contributed by atoms with van der Waals surface area (Å²) in [6, 6.07) is 3.69. The van der Waals surface area contributed by atoms with E-state index in [0.717, 1.165) is 24.7 Å². The Bertz CT molecular complexity index is 413. The minimum atomic E-state index is 0. The number of aliphatic imine (C=N–C) groups is 1. The van der Waals surface area contributed by atoms with E-state index >= 15 is 0 Å². The van der Waals surface area contributed by atoms with Crippen LogP contribution in [0.1, 0.15) is 25.5 Å². The standard InChI is InChI=1S/C13H19ClN4.HI/c1-10-4-6-18(7-5-10)13(15)17-9-12-3-2-11(14)8-16-12;/h2-3,8,10H,4-7,9H2,1H3,(H2,15,17);1H. The summed E-state index contributed by atoms with van der Waals surface area (Å²) in [6.07, 6.45) is 4.01. The average molecular weight is 395 g/mol. The number of pyridine rings is 1. The summed E-state index contributed by atoms with van der Waals surface area (Å²) in [4.78, 5) is 10.7. The Morgan fingerprint density at radius 3 is 2.74 bits per heavy atom. The number of rotatable bonds is 2. The summed E-state index contributed by atoms with van der Waals surface area (Å²) in [6.45, 7) is 4.80. The maximum absolute atomic E-state index is 5.99. The van der Waals surface area contributed by atoms with E-state index in [-0.39, 0.29) is 24.0 Å². The van der Waals surface area contributed by atoms with Crippen LogP contribution in [0.4, 0.5) is 0 Å². The van der Waals surface area contributed by atoms with Crippen LogP contribution in [0.3, 0.4) is 0 Å². The third kappa shape index (κ3) is 5.14. The number of piperidine rings is 1. The normalized spacial score (nSPS) is 17.2. The van der Waals surface area contributed by atoms with Gasteiger partial charge in [0.1, 0.15) is 0 Å². The van der Waals surface area contributed by atoms with E-state index in [1.54, 1.807) is 6.20 Å². The zero-order valence-electron chi connectivity index (χ0n) is 11.1. The van der Waals surface area contributed by atoms with Crippen molar-refractivity contribution in [3.8, 4) is 0 Å². The molecule has 1 aromatic rings. The van der Waals surface area contributed by atoms with Crippen LogP contribution >= 0.6 is 35.6 Å². The summed E-state index contributed by atoms with van der Waals surface area (Å²) in [5.41, 5.74) is 6.88. The monoisotopic (exact) mass is 394 g/mol. The number of aromatic nitrogens is 1. The van der Waals surface area contributed by atoms with Crippen molar-refractivity contribution in [2.45, 2.75) is 26.3 Å². The Morgan fingerprint density at radius 2 is 2.16 bits per heavy atom. The van der Waals surface area contributed by atoms with Crippen molar-refractivity contribution in [1.82, 2.24) is 9.88 Å². The van der Waals surface area contributed by atoms with Crippen LogP contribution in [0, 0.1) is 5.92 Å². The van der Waals surface area contributed by atoms with Gasteiger partial charge in [-0.1, -0.05) is 18.5 Å². The molecular formula is C13H20ClIN4. The van der Waals surface area contributed by atoms with Crippen LogP contribution in [-0.4, -0.2) is 28.9 Å². The quantitative estimate of drug-likeness (QED) is 0.477. The Hall–Kier alpha value is -0.560. The van der Waals surface area contributed by atoms with Crippen molar-refractivity contribution >= 4 is 41.5 Å². The lowest BCUT2D eigenvalue weighted by atomic mass is 10.00. The topological polar surface area (TPSA) is 54.5 Å². The predicted molar refractivity (Wildman–Crippen MR) is 90.0 cm³/mol. The molecule has 1 aliphatic heterocycles. The van der Waals surface area contributed by atoms with Crippen molar-refractivity contribution in [2.24, 2.45) is 16.6 Å². The Kier molecular flexibility index (Phi) is 6.85. The third-order valence-corrected chi connectivity index (χ3v) is 3.52. The minimum Gasteiger partial charge on any atom is -0.370 e. The second-order valence-electron chi connectivity index (χ2n) is 4.81. The average Bonchev–Trinajstić information content (AvgIpc) is 2.38. The number of hydrogen-bond acceptors (Lipinski definition) is 2. The van der Waals surface area contributed by atoms with Gasteiger partial charge in [0.2, 0.25) is 0 Å². The summed E-state index contributed by atoms with van der Waals surface area (Å²) in [5.74, 6) is 1.42. The van der Waals surface area contributed by atoms with Crippen LogP contribution < -0.4 is 5.73 Å². The smallest absolute Gasteiger partial charge is 0.191 e. The molecule has 1 aliphatic rings. The fourth-order valence-electron chi connectivity index (χ4n) is 2.00. The Labute approximate surface area is 136 Å². The molecule has 1 saturated heterocycles. The molecule has 0 bridgehead atoms. The molecule has 6 heteroatoms. The van der Waals surface area contributed by atoms with Gasteiger partial charge in [-0.15, -0.1) is 24.0 Å². The lowest BCUT2D eigenvalue weighted by Crippen LogP contribution is -2.42.